The lowest BCUT2D eigenvalue weighted by Gasteiger charge is -2.35. The molecule has 0 radical (unpaired) electrons. The van der Waals surface area contributed by atoms with Gasteiger partial charge in [0.1, 0.15) is 0 Å². The standard InChI is InChI=1S/C13H19N3O2/c1-14-12-8-15-6-5-11(12)13(18)16-7-3-2-4-10(16)9-17/h5-6,8,10,14,17H,2-4,7,9H2,1H3. The Morgan fingerprint density at radius 2 is 2.44 bits per heavy atom. The molecule has 2 N–H and O–H groups in total. The molecular formula is C13H19N3O2. The molecule has 1 aliphatic heterocycles. The molecule has 0 bridgehead atoms. The molecule has 0 aliphatic carbocycles. The molecule has 18 heavy (non-hydrogen) atoms. The van der Waals surface area contributed by atoms with Gasteiger partial charge in [-0.25, -0.2) is 0 Å². The van der Waals surface area contributed by atoms with Gasteiger partial charge < -0.3 is 15.3 Å². The second kappa shape index (κ2) is 5.82. The Morgan fingerprint density at radius 3 is 3.17 bits per heavy atom. The molecular weight excluding hydrogens is 230 g/mol. The number of likely N-dealkylation sites (tertiary alicyclic amines) is 1. The van der Waals surface area contributed by atoms with E-state index in [9.17, 15) is 9.90 Å². The fourth-order valence-electron chi connectivity index (χ4n) is 2.39. The summed E-state index contributed by atoms with van der Waals surface area (Å²) in [6.45, 7) is 0.751. The van der Waals surface area contributed by atoms with Gasteiger partial charge in [-0.2, -0.15) is 0 Å². The Kier molecular flexibility index (Phi) is 4.15. The summed E-state index contributed by atoms with van der Waals surface area (Å²) in [7, 11) is 1.77. The average molecular weight is 249 g/mol. The maximum atomic E-state index is 12.5. The van der Waals surface area contributed by atoms with E-state index in [1.165, 1.54) is 0 Å². The lowest BCUT2D eigenvalue weighted by atomic mass is 10.0. The number of pyridine rings is 1. The van der Waals surface area contributed by atoms with Crippen molar-refractivity contribution in [2.75, 3.05) is 25.5 Å². The van der Waals surface area contributed by atoms with E-state index < -0.39 is 0 Å². The van der Waals surface area contributed by atoms with Crippen molar-refractivity contribution < 1.29 is 9.90 Å². The molecule has 0 saturated carbocycles. The Morgan fingerprint density at radius 1 is 1.61 bits per heavy atom. The quantitative estimate of drug-likeness (QED) is 0.842. The molecule has 1 unspecified atom stereocenters. The van der Waals surface area contributed by atoms with Crippen molar-refractivity contribution in [1.29, 1.82) is 0 Å². The molecule has 5 nitrogen and oxygen atoms in total. The number of nitrogens with one attached hydrogen (secondary N) is 1. The Hall–Kier alpha value is -1.62. The highest BCUT2D eigenvalue weighted by Gasteiger charge is 2.27. The second-order valence-corrected chi connectivity index (χ2v) is 4.50. The van der Waals surface area contributed by atoms with Crippen LogP contribution in [-0.2, 0) is 0 Å². The molecule has 1 fully saturated rings. The number of hydrogen-bond donors (Lipinski definition) is 2. The zero-order chi connectivity index (χ0) is 13.0. The van der Waals surface area contributed by atoms with Gasteiger partial charge in [-0.1, -0.05) is 0 Å². The second-order valence-electron chi connectivity index (χ2n) is 4.50. The molecule has 1 atom stereocenters. The molecule has 1 aliphatic rings. The van der Waals surface area contributed by atoms with E-state index in [-0.39, 0.29) is 18.6 Å². The largest absolute Gasteiger partial charge is 0.394 e. The minimum absolute atomic E-state index is 0.0273. The van der Waals surface area contributed by atoms with Crippen LogP contribution in [0.2, 0.25) is 0 Å². The Labute approximate surface area is 107 Å². The van der Waals surface area contributed by atoms with E-state index in [1.54, 1.807) is 30.4 Å². The molecule has 1 aromatic rings. The van der Waals surface area contributed by atoms with Gasteiger partial charge in [-0.05, 0) is 25.3 Å². The van der Waals surface area contributed by atoms with Gasteiger partial charge in [0, 0.05) is 19.8 Å². The number of carbonyl (C=O) groups excluding carboxylic acids is 1. The molecule has 1 amide bonds. The van der Waals surface area contributed by atoms with E-state index in [4.69, 9.17) is 0 Å². The fourth-order valence-corrected chi connectivity index (χ4v) is 2.39. The van der Waals surface area contributed by atoms with Gasteiger partial charge in [0.05, 0.1) is 30.1 Å². The number of aromatic nitrogens is 1. The molecule has 98 valence electrons. The highest BCUT2D eigenvalue weighted by atomic mass is 16.3. The van der Waals surface area contributed by atoms with Crippen LogP contribution in [0.3, 0.4) is 0 Å². The molecule has 1 saturated heterocycles. The van der Waals surface area contributed by atoms with E-state index >= 15 is 0 Å². The first-order chi connectivity index (χ1) is 8.77. The van der Waals surface area contributed by atoms with Crippen molar-refractivity contribution in [3.8, 4) is 0 Å². The van der Waals surface area contributed by atoms with Crippen molar-refractivity contribution in [1.82, 2.24) is 9.88 Å². The van der Waals surface area contributed by atoms with Crippen LogP contribution in [0.4, 0.5) is 5.69 Å². The predicted molar refractivity (Wildman–Crippen MR) is 69.5 cm³/mol. The minimum Gasteiger partial charge on any atom is -0.394 e. The van der Waals surface area contributed by atoms with Gasteiger partial charge in [-0.3, -0.25) is 9.78 Å². The van der Waals surface area contributed by atoms with Crippen LogP contribution >= 0.6 is 0 Å². The van der Waals surface area contributed by atoms with E-state index in [1.807, 2.05) is 0 Å². The number of rotatable bonds is 3. The first-order valence-electron chi connectivity index (χ1n) is 6.31. The number of nitrogens with zero attached hydrogens (tertiary/aromatic N) is 2. The molecule has 5 heteroatoms. The third-order valence-electron chi connectivity index (χ3n) is 3.42. The molecule has 0 spiro atoms. The number of anilines is 1. The lowest BCUT2D eigenvalue weighted by molar-refractivity contribution is 0.0504. The normalized spacial score (nSPS) is 19.7. The molecule has 2 rings (SSSR count). The average Bonchev–Trinajstić information content (AvgIpc) is 2.46. The van der Waals surface area contributed by atoms with Crippen molar-refractivity contribution in [2.24, 2.45) is 0 Å². The summed E-state index contributed by atoms with van der Waals surface area (Å²) in [5.41, 5.74) is 1.35. The number of piperidine rings is 1. The smallest absolute Gasteiger partial charge is 0.256 e. The van der Waals surface area contributed by atoms with E-state index in [2.05, 4.69) is 10.3 Å². The number of hydrogen-bond acceptors (Lipinski definition) is 4. The summed E-state index contributed by atoms with van der Waals surface area (Å²) in [6, 6.07) is 1.67. The third kappa shape index (κ3) is 2.46. The van der Waals surface area contributed by atoms with Crippen LogP contribution in [0.15, 0.2) is 18.5 Å². The van der Waals surface area contributed by atoms with Crippen LogP contribution in [-0.4, -0.2) is 47.1 Å². The SMILES string of the molecule is CNc1cnccc1C(=O)N1CCCCC1CO. The zero-order valence-corrected chi connectivity index (χ0v) is 10.6. The monoisotopic (exact) mass is 249 g/mol. The molecule has 0 aromatic carbocycles. The first kappa shape index (κ1) is 12.8. The van der Waals surface area contributed by atoms with Gasteiger partial charge >= 0.3 is 0 Å². The summed E-state index contributed by atoms with van der Waals surface area (Å²) in [4.78, 5) is 18.3. The maximum absolute atomic E-state index is 12.5. The van der Waals surface area contributed by atoms with Crippen LogP contribution < -0.4 is 5.32 Å². The lowest BCUT2D eigenvalue weighted by Crippen LogP contribution is -2.45. The Bertz CT molecular complexity index is 422. The van der Waals surface area contributed by atoms with Crippen LogP contribution in [0.1, 0.15) is 29.6 Å². The number of carbonyl (C=O) groups is 1. The summed E-state index contributed by atoms with van der Waals surface area (Å²) >= 11 is 0. The molecule has 2 heterocycles. The van der Waals surface area contributed by atoms with Gasteiger partial charge in [0.2, 0.25) is 0 Å². The Balaban J connectivity index is 2.24. The number of amides is 1. The third-order valence-corrected chi connectivity index (χ3v) is 3.42. The predicted octanol–water partition coefficient (Wildman–Crippen LogP) is 1.11. The van der Waals surface area contributed by atoms with Crippen molar-refractivity contribution in [3.05, 3.63) is 24.0 Å². The number of aliphatic hydroxyl groups is 1. The van der Waals surface area contributed by atoms with Crippen LogP contribution in [0.25, 0.3) is 0 Å². The fraction of sp³-hybridized carbons (Fsp3) is 0.538. The van der Waals surface area contributed by atoms with Crippen molar-refractivity contribution in [2.45, 2.75) is 25.3 Å². The van der Waals surface area contributed by atoms with Crippen molar-refractivity contribution in [3.63, 3.8) is 0 Å². The topological polar surface area (TPSA) is 65.5 Å². The summed E-state index contributed by atoms with van der Waals surface area (Å²) in [6.07, 6.45) is 6.21. The maximum Gasteiger partial charge on any atom is 0.256 e. The van der Waals surface area contributed by atoms with Crippen molar-refractivity contribution >= 4 is 11.6 Å². The highest BCUT2D eigenvalue weighted by molar-refractivity contribution is 5.99. The van der Waals surface area contributed by atoms with Gasteiger partial charge in [0.25, 0.3) is 5.91 Å². The van der Waals surface area contributed by atoms with Gasteiger partial charge in [0.15, 0.2) is 0 Å². The summed E-state index contributed by atoms with van der Waals surface area (Å²) < 4.78 is 0. The highest BCUT2D eigenvalue weighted by Crippen LogP contribution is 2.22. The van der Waals surface area contributed by atoms with E-state index in [0.717, 1.165) is 31.5 Å². The zero-order valence-electron chi connectivity index (χ0n) is 10.6. The summed E-state index contributed by atoms with van der Waals surface area (Å²) in [5.74, 6) is -0.0273. The van der Waals surface area contributed by atoms with Gasteiger partial charge in [-0.15, -0.1) is 0 Å². The summed E-state index contributed by atoms with van der Waals surface area (Å²) in [5, 5.41) is 12.3. The minimum atomic E-state index is -0.0517. The van der Waals surface area contributed by atoms with E-state index in [0.29, 0.717) is 5.56 Å². The molecule has 1 aromatic heterocycles. The van der Waals surface area contributed by atoms with Crippen LogP contribution in [0, 0.1) is 0 Å². The van der Waals surface area contributed by atoms with Crippen LogP contribution in [0.5, 0.6) is 0 Å². The number of aliphatic hydroxyl groups excluding tert-OH is 1. The first-order valence-corrected chi connectivity index (χ1v) is 6.31.